The highest BCUT2D eigenvalue weighted by molar-refractivity contribution is 5.85. The van der Waals surface area contributed by atoms with Crippen molar-refractivity contribution in [3.8, 4) is 28.3 Å². The lowest BCUT2D eigenvalue weighted by molar-refractivity contribution is -0.138. The van der Waals surface area contributed by atoms with Crippen LogP contribution in [0.4, 0.5) is 24.8 Å². The molecule has 0 fully saturated rings. The number of aromatic nitrogens is 6. The Morgan fingerprint density at radius 2 is 1.67 bits per heavy atom. The van der Waals surface area contributed by atoms with Crippen LogP contribution < -0.4 is 10.1 Å². The molecule has 8 nitrogen and oxygen atoms in total. The van der Waals surface area contributed by atoms with Gasteiger partial charge >= 0.3 is 6.18 Å². The fourth-order valence-corrected chi connectivity index (χ4v) is 4.83. The number of hydrogen-bond acceptors (Lipinski definition) is 7. The zero-order valence-corrected chi connectivity index (χ0v) is 20.5. The van der Waals surface area contributed by atoms with Crippen molar-refractivity contribution in [2.24, 2.45) is 0 Å². The van der Waals surface area contributed by atoms with Crippen molar-refractivity contribution >= 4 is 11.6 Å². The quantitative estimate of drug-likeness (QED) is 0.272. The molecule has 2 N–H and O–H groups in total. The normalized spacial score (nSPS) is 15.2. The molecular formula is C28H22F3N7O. The first kappa shape index (κ1) is 24.5. The SMILES string of the molecule is FC(F)(F)c1cnc(Nc2cc(-c3ccccc3-c3nn[nH]n3)cc3c2OCCCC3c2ccccc2)nc1. The summed E-state index contributed by atoms with van der Waals surface area (Å²) in [6, 6.07) is 21.8. The van der Waals surface area contributed by atoms with E-state index in [1.807, 2.05) is 48.5 Å². The first-order valence-corrected chi connectivity index (χ1v) is 12.3. The third-order valence-electron chi connectivity index (χ3n) is 6.63. The van der Waals surface area contributed by atoms with Gasteiger partial charge in [0.05, 0.1) is 17.9 Å². The molecule has 1 atom stereocenters. The Bertz CT molecular complexity index is 1570. The monoisotopic (exact) mass is 529 g/mol. The maximum atomic E-state index is 13.1. The molecule has 0 aliphatic carbocycles. The summed E-state index contributed by atoms with van der Waals surface area (Å²) >= 11 is 0. The molecule has 1 aliphatic rings. The zero-order valence-electron chi connectivity index (χ0n) is 20.5. The van der Waals surface area contributed by atoms with E-state index in [1.54, 1.807) is 0 Å². The number of hydrogen-bond donors (Lipinski definition) is 2. The van der Waals surface area contributed by atoms with Gasteiger partial charge in [-0.25, -0.2) is 9.97 Å². The number of rotatable bonds is 5. The van der Waals surface area contributed by atoms with Gasteiger partial charge in [-0.15, -0.1) is 10.2 Å². The standard InChI is InChI=1S/C28H22F3N7O/c29-28(30,31)19-15-32-27(33-16-19)34-24-14-18(21-9-4-5-10-22(21)26-35-37-38-36-26)13-23-20(11-6-12-39-25(23)24)17-7-2-1-3-8-17/h1-5,7-10,13-16,20H,6,11-12H2,(H,32,33,34)(H,35,36,37,38). The van der Waals surface area contributed by atoms with Crippen molar-refractivity contribution in [1.29, 1.82) is 0 Å². The Labute approximate surface area is 221 Å². The molecule has 3 heterocycles. The lowest BCUT2D eigenvalue weighted by atomic mass is 9.85. The van der Waals surface area contributed by atoms with E-state index in [0.29, 0.717) is 23.9 Å². The molecule has 6 rings (SSSR count). The number of tetrazole rings is 1. The maximum Gasteiger partial charge on any atom is 0.419 e. The second-order valence-electron chi connectivity index (χ2n) is 9.10. The van der Waals surface area contributed by atoms with Gasteiger partial charge in [-0.3, -0.25) is 0 Å². The molecule has 11 heteroatoms. The first-order chi connectivity index (χ1) is 19.0. The number of anilines is 2. The largest absolute Gasteiger partial charge is 0.491 e. The summed E-state index contributed by atoms with van der Waals surface area (Å²) in [5, 5.41) is 17.6. The van der Waals surface area contributed by atoms with E-state index in [2.05, 4.69) is 54.1 Å². The van der Waals surface area contributed by atoms with Crippen LogP contribution in [-0.4, -0.2) is 37.2 Å². The van der Waals surface area contributed by atoms with Crippen molar-refractivity contribution in [1.82, 2.24) is 30.6 Å². The van der Waals surface area contributed by atoms with Crippen LogP contribution in [0, 0.1) is 0 Å². The van der Waals surface area contributed by atoms with E-state index in [1.165, 1.54) is 0 Å². The predicted molar refractivity (Wildman–Crippen MR) is 138 cm³/mol. The maximum absolute atomic E-state index is 13.1. The van der Waals surface area contributed by atoms with Crippen molar-refractivity contribution in [2.45, 2.75) is 24.9 Å². The minimum Gasteiger partial charge on any atom is -0.491 e. The molecule has 1 aliphatic heterocycles. The molecule has 0 amide bonds. The lowest BCUT2D eigenvalue weighted by Gasteiger charge is -2.22. The molecule has 0 bridgehead atoms. The average molecular weight is 530 g/mol. The van der Waals surface area contributed by atoms with Gasteiger partial charge in [0.2, 0.25) is 11.8 Å². The summed E-state index contributed by atoms with van der Waals surface area (Å²) in [4.78, 5) is 7.84. The van der Waals surface area contributed by atoms with E-state index in [-0.39, 0.29) is 11.9 Å². The van der Waals surface area contributed by atoms with E-state index < -0.39 is 11.7 Å². The molecule has 0 saturated carbocycles. The highest BCUT2D eigenvalue weighted by atomic mass is 19.4. The summed E-state index contributed by atoms with van der Waals surface area (Å²) in [5.41, 5.74) is 4.19. The molecule has 2 aromatic heterocycles. The van der Waals surface area contributed by atoms with Gasteiger partial charge in [0.25, 0.3) is 0 Å². The number of fused-ring (bicyclic) bond motifs is 1. The molecule has 3 aromatic carbocycles. The van der Waals surface area contributed by atoms with Gasteiger partial charge in [0.1, 0.15) is 5.75 Å². The molecule has 0 spiro atoms. The van der Waals surface area contributed by atoms with Gasteiger partial charge in [-0.1, -0.05) is 54.6 Å². The van der Waals surface area contributed by atoms with Crippen LogP contribution in [0.3, 0.4) is 0 Å². The number of H-pyrrole nitrogens is 1. The van der Waals surface area contributed by atoms with Crippen LogP contribution in [0.25, 0.3) is 22.5 Å². The molecule has 0 saturated heterocycles. The van der Waals surface area contributed by atoms with Crippen LogP contribution in [-0.2, 0) is 6.18 Å². The van der Waals surface area contributed by atoms with Gasteiger partial charge in [-0.2, -0.15) is 18.4 Å². The van der Waals surface area contributed by atoms with Gasteiger partial charge in [-0.05, 0) is 46.9 Å². The molecule has 5 aromatic rings. The number of nitrogens with one attached hydrogen (secondary N) is 2. The third kappa shape index (κ3) is 5.02. The Morgan fingerprint density at radius 3 is 2.38 bits per heavy atom. The van der Waals surface area contributed by atoms with Crippen molar-refractivity contribution in [3.63, 3.8) is 0 Å². The Hall–Kier alpha value is -4.80. The Kier molecular flexibility index (Phi) is 6.39. The molecule has 1 unspecified atom stereocenters. The second kappa shape index (κ2) is 10.2. The van der Waals surface area contributed by atoms with E-state index >= 15 is 0 Å². The minimum atomic E-state index is -4.53. The summed E-state index contributed by atoms with van der Waals surface area (Å²) in [6.07, 6.45) is -1.31. The van der Waals surface area contributed by atoms with Crippen molar-refractivity contribution in [2.75, 3.05) is 11.9 Å². The van der Waals surface area contributed by atoms with Crippen LogP contribution in [0.15, 0.2) is 79.1 Å². The Balaban J connectivity index is 1.52. The number of nitrogens with zero attached hydrogens (tertiary/aromatic N) is 5. The first-order valence-electron chi connectivity index (χ1n) is 12.3. The number of benzene rings is 3. The number of aromatic amines is 1. The molecular weight excluding hydrogens is 507 g/mol. The fraction of sp³-hybridized carbons (Fsp3) is 0.179. The second-order valence-corrected chi connectivity index (χ2v) is 9.10. The zero-order chi connectivity index (χ0) is 26.8. The Morgan fingerprint density at radius 1 is 0.923 bits per heavy atom. The third-order valence-corrected chi connectivity index (χ3v) is 6.63. The van der Waals surface area contributed by atoms with Gasteiger partial charge in [0.15, 0.2) is 0 Å². The molecule has 39 heavy (non-hydrogen) atoms. The lowest BCUT2D eigenvalue weighted by Crippen LogP contribution is -2.08. The van der Waals surface area contributed by atoms with Gasteiger partial charge < -0.3 is 10.1 Å². The molecule has 0 radical (unpaired) electrons. The summed E-state index contributed by atoms with van der Waals surface area (Å²) in [5.74, 6) is 1.12. The number of alkyl halides is 3. The highest BCUT2D eigenvalue weighted by Crippen LogP contribution is 2.46. The van der Waals surface area contributed by atoms with Crippen LogP contribution in [0.2, 0.25) is 0 Å². The minimum absolute atomic E-state index is 0.0258. The summed E-state index contributed by atoms with van der Waals surface area (Å²) in [6.45, 7) is 0.498. The predicted octanol–water partition coefficient (Wildman–Crippen LogP) is 6.39. The van der Waals surface area contributed by atoms with Crippen LogP contribution in [0.5, 0.6) is 5.75 Å². The topological polar surface area (TPSA) is 102 Å². The fourth-order valence-electron chi connectivity index (χ4n) is 4.83. The van der Waals surface area contributed by atoms with E-state index in [4.69, 9.17) is 4.74 Å². The van der Waals surface area contributed by atoms with E-state index in [9.17, 15) is 13.2 Å². The van der Waals surface area contributed by atoms with E-state index in [0.717, 1.165) is 53.1 Å². The van der Waals surface area contributed by atoms with Crippen molar-refractivity contribution < 1.29 is 17.9 Å². The highest BCUT2D eigenvalue weighted by Gasteiger charge is 2.31. The molecule has 196 valence electrons. The smallest absolute Gasteiger partial charge is 0.419 e. The van der Waals surface area contributed by atoms with Crippen molar-refractivity contribution in [3.05, 3.63) is 95.8 Å². The van der Waals surface area contributed by atoms with Crippen LogP contribution in [0.1, 0.15) is 35.4 Å². The number of ether oxygens (including phenoxy) is 1. The summed E-state index contributed by atoms with van der Waals surface area (Å²) < 4.78 is 45.5. The van der Waals surface area contributed by atoms with Gasteiger partial charge in [0, 0.05) is 29.4 Å². The number of halogens is 3. The summed E-state index contributed by atoms with van der Waals surface area (Å²) in [7, 11) is 0. The average Bonchev–Trinajstić information content (AvgIpc) is 3.40. The van der Waals surface area contributed by atoms with Crippen LogP contribution >= 0.6 is 0 Å².